The van der Waals surface area contributed by atoms with Crippen LogP contribution in [-0.2, 0) is 19.1 Å². The van der Waals surface area contributed by atoms with E-state index in [0.29, 0.717) is 24.8 Å². The second-order valence-corrected chi connectivity index (χ2v) is 7.15. The Hall–Kier alpha value is -1.16. The van der Waals surface area contributed by atoms with Crippen LogP contribution in [0, 0.1) is 11.3 Å². The number of Topliss-reactive ketones (excluding diaryl/α,β-unsaturated/α-hetero) is 1. The van der Waals surface area contributed by atoms with E-state index in [1.807, 2.05) is 20.8 Å². The quantitative estimate of drug-likeness (QED) is 0.590. The molecule has 3 atom stereocenters. The molecule has 0 spiro atoms. The first-order chi connectivity index (χ1) is 9.54. The molecule has 120 valence electrons. The van der Waals surface area contributed by atoms with Crippen molar-refractivity contribution in [2.45, 2.75) is 65.6 Å². The van der Waals surface area contributed by atoms with E-state index < -0.39 is 5.60 Å². The lowest BCUT2D eigenvalue weighted by atomic mass is 9.63. The van der Waals surface area contributed by atoms with E-state index in [2.05, 4.69) is 6.58 Å². The molecule has 4 heteroatoms. The van der Waals surface area contributed by atoms with E-state index in [0.717, 1.165) is 0 Å². The molecule has 0 aliphatic heterocycles. The lowest BCUT2D eigenvalue weighted by Gasteiger charge is -2.50. The van der Waals surface area contributed by atoms with Crippen LogP contribution in [0.4, 0.5) is 0 Å². The highest BCUT2D eigenvalue weighted by Gasteiger charge is 2.52. The van der Waals surface area contributed by atoms with Crippen molar-refractivity contribution in [1.29, 1.82) is 0 Å². The molecule has 21 heavy (non-hydrogen) atoms. The molecule has 1 rings (SSSR count). The number of esters is 1. The maximum atomic E-state index is 12.1. The summed E-state index contributed by atoms with van der Waals surface area (Å²) in [6, 6.07) is 0. The van der Waals surface area contributed by atoms with Crippen LogP contribution in [0.1, 0.15) is 53.9 Å². The van der Waals surface area contributed by atoms with Crippen LogP contribution in [-0.4, -0.2) is 30.6 Å². The van der Waals surface area contributed by atoms with Gasteiger partial charge in [0.2, 0.25) is 0 Å². The van der Waals surface area contributed by atoms with E-state index in [1.54, 1.807) is 21.0 Å². The topological polar surface area (TPSA) is 52.6 Å². The summed E-state index contributed by atoms with van der Waals surface area (Å²) < 4.78 is 11.3. The van der Waals surface area contributed by atoms with Gasteiger partial charge in [-0.25, -0.2) is 4.79 Å². The molecular weight excluding hydrogens is 268 g/mol. The number of rotatable bonds is 4. The Morgan fingerprint density at radius 3 is 2.19 bits per heavy atom. The fraction of sp³-hybridized carbons (Fsp3) is 0.765. The highest BCUT2D eigenvalue weighted by molar-refractivity contribution is 5.87. The number of carbonyl (C=O) groups excluding carboxylic acids is 2. The van der Waals surface area contributed by atoms with Crippen molar-refractivity contribution in [3.05, 3.63) is 12.2 Å². The first-order valence-electron chi connectivity index (χ1n) is 7.46. The number of ketones is 1. The predicted octanol–water partition coefficient (Wildman–Crippen LogP) is 3.29. The minimum Gasteiger partial charge on any atom is -0.455 e. The summed E-state index contributed by atoms with van der Waals surface area (Å²) >= 11 is 0. The molecule has 0 aromatic rings. The van der Waals surface area contributed by atoms with Gasteiger partial charge in [-0.2, -0.15) is 0 Å². The Morgan fingerprint density at radius 2 is 1.81 bits per heavy atom. The Balaban J connectivity index is 3.12. The summed E-state index contributed by atoms with van der Waals surface area (Å²) in [5, 5.41) is 0. The van der Waals surface area contributed by atoms with Crippen molar-refractivity contribution < 1.29 is 19.1 Å². The van der Waals surface area contributed by atoms with Gasteiger partial charge in [0, 0.05) is 24.0 Å². The molecule has 0 aromatic heterocycles. The van der Waals surface area contributed by atoms with Gasteiger partial charge in [-0.1, -0.05) is 27.4 Å². The number of carbonyl (C=O) groups is 2. The zero-order chi connectivity index (χ0) is 16.4. The van der Waals surface area contributed by atoms with Crippen molar-refractivity contribution in [2.75, 3.05) is 7.11 Å². The molecule has 0 aromatic carbocycles. The highest BCUT2D eigenvalue weighted by atomic mass is 16.6. The van der Waals surface area contributed by atoms with Gasteiger partial charge in [-0.3, -0.25) is 4.79 Å². The SMILES string of the molecule is C=C(C)C(=O)OC1(C(C)(C)C)CCC(OC)C(C(C)=O)C1. The molecule has 0 saturated heterocycles. The van der Waals surface area contributed by atoms with Gasteiger partial charge in [-0.05, 0) is 33.1 Å². The largest absolute Gasteiger partial charge is 0.455 e. The average Bonchev–Trinajstić information content (AvgIpc) is 2.36. The predicted molar refractivity (Wildman–Crippen MR) is 81.9 cm³/mol. The third-order valence-electron chi connectivity index (χ3n) is 4.66. The van der Waals surface area contributed by atoms with Crippen LogP contribution in [0.2, 0.25) is 0 Å². The van der Waals surface area contributed by atoms with Crippen LogP contribution in [0.15, 0.2) is 12.2 Å². The zero-order valence-electron chi connectivity index (χ0n) is 14.1. The van der Waals surface area contributed by atoms with Crippen LogP contribution >= 0.6 is 0 Å². The summed E-state index contributed by atoms with van der Waals surface area (Å²) in [7, 11) is 1.63. The summed E-state index contributed by atoms with van der Waals surface area (Å²) in [6.07, 6.45) is 1.81. The Morgan fingerprint density at radius 1 is 1.24 bits per heavy atom. The van der Waals surface area contributed by atoms with Gasteiger partial charge in [0.1, 0.15) is 11.4 Å². The molecular formula is C17H28O4. The molecule has 0 radical (unpaired) electrons. The fourth-order valence-electron chi connectivity index (χ4n) is 3.04. The first kappa shape index (κ1) is 17.9. The van der Waals surface area contributed by atoms with Gasteiger partial charge < -0.3 is 9.47 Å². The van der Waals surface area contributed by atoms with E-state index in [1.165, 1.54) is 0 Å². The standard InChI is InChI=1S/C17H28O4/c1-11(2)15(19)21-17(16(4,5)6)9-8-14(20-7)13(10-17)12(3)18/h13-14H,1,8-10H2,2-7H3. The summed E-state index contributed by atoms with van der Waals surface area (Å²) in [5.41, 5.74) is -0.536. The van der Waals surface area contributed by atoms with E-state index in [4.69, 9.17) is 9.47 Å². The second kappa shape index (κ2) is 6.30. The summed E-state index contributed by atoms with van der Waals surface area (Å²) in [5.74, 6) is -0.537. The van der Waals surface area contributed by atoms with Crippen molar-refractivity contribution >= 4 is 11.8 Å². The van der Waals surface area contributed by atoms with Gasteiger partial charge >= 0.3 is 5.97 Å². The van der Waals surface area contributed by atoms with Crippen molar-refractivity contribution in [1.82, 2.24) is 0 Å². The lowest BCUT2D eigenvalue weighted by Crippen LogP contribution is -2.54. The normalized spacial score (nSPS) is 29.8. The van der Waals surface area contributed by atoms with Gasteiger partial charge in [0.15, 0.2) is 0 Å². The van der Waals surface area contributed by atoms with Crippen molar-refractivity contribution in [3.8, 4) is 0 Å². The van der Waals surface area contributed by atoms with Crippen LogP contribution in [0.25, 0.3) is 0 Å². The third kappa shape index (κ3) is 3.73. The number of methoxy groups -OCH3 is 1. The van der Waals surface area contributed by atoms with Crippen LogP contribution in [0.3, 0.4) is 0 Å². The van der Waals surface area contributed by atoms with Gasteiger partial charge in [0.05, 0.1) is 6.10 Å². The fourth-order valence-corrected chi connectivity index (χ4v) is 3.04. The number of hydrogen-bond donors (Lipinski definition) is 0. The third-order valence-corrected chi connectivity index (χ3v) is 4.66. The molecule has 0 bridgehead atoms. The number of ether oxygens (including phenoxy) is 2. The zero-order valence-corrected chi connectivity index (χ0v) is 14.1. The van der Waals surface area contributed by atoms with E-state index in [-0.39, 0.29) is 29.2 Å². The Kier molecular flexibility index (Phi) is 5.37. The van der Waals surface area contributed by atoms with Gasteiger partial charge in [-0.15, -0.1) is 0 Å². The summed E-state index contributed by atoms with van der Waals surface area (Å²) in [4.78, 5) is 24.0. The Labute approximate surface area is 127 Å². The maximum Gasteiger partial charge on any atom is 0.333 e. The van der Waals surface area contributed by atoms with Crippen molar-refractivity contribution in [3.63, 3.8) is 0 Å². The average molecular weight is 296 g/mol. The molecule has 1 aliphatic rings. The second-order valence-electron chi connectivity index (χ2n) is 7.15. The van der Waals surface area contributed by atoms with Crippen LogP contribution < -0.4 is 0 Å². The monoisotopic (exact) mass is 296 g/mol. The highest BCUT2D eigenvalue weighted by Crippen LogP contribution is 2.48. The molecule has 1 aliphatic carbocycles. The van der Waals surface area contributed by atoms with E-state index >= 15 is 0 Å². The number of hydrogen-bond acceptors (Lipinski definition) is 4. The molecule has 0 heterocycles. The van der Waals surface area contributed by atoms with E-state index in [9.17, 15) is 9.59 Å². The minimum absolute atomic E-state index is 0.0848. The molecule has 0 amide bonds. The molecule has 1 fully saturated rings. The maximum absolute atomic E-state index is 12.1. The van der Waals surface area contributed by atoms with Crippen LogP contribution in [0.5, 0.6) is 0 Å². The van der Waals surface area contributed by atoms with Crippen molar-refractivity contribution in [2.24, 2.45) is 11.3 Å². The first-order valence-corrected chi connectivity index (χ1v) is 7.46. The molecule has 0 N–H and O–H groups in total. The lowest BCUT2D eigenvalue weighted by molar-refractivity contribution is -0.187. The molecule has 1 saturated carbocycles. The molecule has 4 nitrogen and oxygen atoms in total. The molecule has 3 unspecified atom stereocenters. The van der Waals surface area contributed by atoms with Gasteiger partial charge in [0.25, 0.3) is 0 Å². The Bertz CT molecular complexity index is 433. The minimum atomic E-state index is -0.658. The smallest absolute Gasteiger partial charge is 0.333 e. The summed E-state index contributed by atoms with van der Waals surface area (Å²) in [6.45, 7) is 13.0.